The number of hydrogen-bond acceptors (Lipinski definition) is 5. The first-order valence-corrected chi connectivity index (χ1v) is 9.34. The van der Waals surface area contributed by atoms with Gasteiger partial charge in [-0.3, -0.25) is 4.79 Å². The van der Waals surface area contributed by atoms with E-state index in [0.29, 0.717) is 29.3 Å². The van der Waals surface area contributed by atoms with E-state index in [9.17, 15) is 4.79 Å². The Hall–Kier alpha value is -3.12. The van der Waals surface area contributed by atoms with Gasteiger partial charge in [0.2, 0.25) is 5.89 Å². The molecule has 0 saturated carbocycles. The maximum atomic E-state index is 12.7. The first-order chi connectivity index (χ1) is 13.7. The lowest BCUT2D eigenvalue weighted by Gasteiger charge is -2.12. The highest BCUT2D eigenvalue weighted by Crippen LogP contribution is 2.29. The van der Waals surface area contributed by atoms with Crippen molar-refractivity contribution in [1.29, 1.82) is 0 Å². The molecule has 144 valence electrons. The molecule has 1 atom stereocenters. The van der Waals surface area contributed by atoms with E-state index in [0.717, 1.165) is 30.8 Å². The molecule has 2 aromatic carbocycles. The SMILES string of the molecule is COc1cccc(-c2cnc(-c3ccccc3C(=O)NC[C@H]3CCCO3)o2)c1. The fraction of sp³-hybridized carbons (Fsp3) is 0.273. The number of ether oxygens (including phenoxy) is 2. The number of nitrogens with one attached hydrogen (secondary N) is 1. The summed E-state index contributed by atoms with van der Waals surface area (Å²) < 4.78 is 16.8. The molecule has 1 N–H and O–H groups in total. The van der Waals surface area contributed by atoms with Gasteiger partial charge < -0.3 is 19.2 Å². The molecule has 6 nitrogen and oxygen atoms in total. The van der Waals surface area contributed by atoms with Gasteiger partial charge in [-0.25, -0.2) is 4.98 Å². The van der Waals surface area contributed by atoms with Crippen molar-refractivity contribution in [2.75, 3.05) is 20.3 Å². The molecule has 2 heterocycles. The Morgan fingerprint density at radius 3 is 2.96 bits per heavy atom. The molecule has 1 aliphatic heterocycles. The summed E-state index contributed by atoms with van der Waals surface area (Å²) >= 11 is 0. The summed E-state index contributed by atoms with van der Waals surface area (Å²) in [5.74, 6) is 1.60. The maximum Gasteiger partial charge on any atom is 0.252 e. The minimum atomic E-state index is -0.160. The van der Waals surface area contributed by atoms with Crippen LogP contribution in [0, 0.1) is 0 Å². The van der Waals surface area contributed by atoms with Crippen LogP contribution in [0.25, 0.3) is 22.8 Å². The Kier molecular flexibility index (Phi) is 5.39. The molecule has 0 radical (unpaired) electrons. The molecule has 1 aliphatic rings. The zero-order chi connectivity index (χ0) is 19.3. The fourth-order valence-corrected chi connectivity index (χ4v) is 3.28. The van der Waals surface area contributed by atoms with Gasteiger partial charge in [-0.2, -0.15) is 0 Å². The first-order valence-electron chi connectivity index (χ1n) is 9.34. The van der Waals surface area contributed by atoms with E-state index in [1.807, 2.05) is 42.5 Å². The Morgan fingerprint density at radius 2 is 2.14 bits per heavy atom. The Balaban J connectivity index is 1.56. The molecule has 0 unspecified atom stereocenters. The van der Waals surface area contributed by atoms with Crippen molar-refractivity contribution in [2.24, 2.45) is 0 Å². The van der Waals surface area contributed by atoms with E-state index < -0.39 is 0 Å². The Bertz CT molecular complexity index is 960. The first kappa shape index (κ1) is 18.3. The number of rotatable bonds is 6. The van der Waals surface area contributed by atoms with Crippen LogP contribution in [0.5, 0.6) is 5.75 Å². The lowest BCUT2D eigenvalue weighted by molar-refractivity contribution is 0.0858. The summed E-state index contributed by atoms with van der Waals surface area (Å²) in [6.45, 7) is 1.27. The Morgan fingerprint density at radius 1 is 1.25 bits per heavy atom. The zero-order valence-corrected chi connectivity index (χ0v) is 15.7. The summed E-state index contributed by atoms with van der Waals surface area (Å²) in [6, 6.07) is 14.9. The van der Waals surface area contributed by atoms with Crippen molar-refractivity contribution in [3.63, 3.8) is 0 Å². The number of carbonyl (C=O) groups is 1. The van der Waals surface area contributed by atoms with Crippen molar-refractivity contribution in [1.82, 2.24) is 10.3 Å². The molecule has 1 fully saturated rings. The topological polar surface area (TPSA) is 73.6 Å². The summed E-state index contributed by atoms with van der Waals surface area (Å²) in [7, 11) is 1.62. The average Bonchev–Trinajstić information content (AvgIpc) is 3.44. The van der Waals surface area contributed by atoms with Crippen LogP contribution in [-0.4, -0.2) is 37.3 Å². The van der Waals surface area contributed by atoms with Crippen molar-refractivity contribution in [3.8, 4) is 28.5 Å². The van der Waals surface area contributed by atoms with Crippen LogP contribution in [0.15, 0.2) is 59.1 Å². The second-order valence-corrected chi connectivity index (χ2v) is 6.65. The van der Waals surface area contributed by atoms with Crippen LogP contribution in [-0.2, 0) is 4.74 Å². The standard InChI is InChI=1S/C22H22N2O4/c1-26-16-7-4-6-15(12-16)20-14-24-22(28-20)19-10-3-2-9-18(19)21(25)23-13-17-8-5-11-27-17/h2-4,6-7,9-10,12,14,17H,5,8,11,13H2,1H3,(H,23,25)/t17-/m1/s1. The number of methoxy groups -OCH3 is 1. The molecule has 0 spiro atoms. The van der Waals surface area contributed by atoms with Crippen LogP contribution in [0.3, 0.4) is 0 Å². The highest BCUT2D eigenvalue weighted by atomic mass is 16.5. The number of nitrogens with zero attached hydrogens (tertiary/aromatic N) is 1. The average molecular weight is 378 g/mol. The van der Waals surface area contributed by atoms with Crippen LogP contribution in [0.4, 0.5) is 0 Å². The number of oxazole rings is 1. The molecule has 1 aromatic heterocycles. The summed E-state index contributed by atoms with van der Waals surface area (Å²) in [4.78, 5) is 17.1. The number of hydrogen-bond donors (Lipinski definition) is 1. The minimum absolute atomic E-state index is 0.0949. The normalized spacial score (nSPS) is 16.1. The number of carbonyl (C=O) groups excluding carboxylic acids is 1. The maximum absolute atomic E-state index is 12.7. The van der Waals surface area contributed by atoms with E-state index >= 15 is 0 Å². The monoisotopic (exact) mass is 378 g/mol. The molecule has 0 bridgehead atoms. The molecular weight excluding hydrogens is 356 g/mol. The molecule has 4 rings (SSSR count). The highest BCUT2D eigenvalue weighted by Gasteiger charge is 2.20. The van der Waals surface area contributed by atoms with Gasteiger partial charge in [-0.15, -0.1) is 0 Å². The van der Waals surface area contributed by atoms with Crippen molar-refractivity contribution in [3.05, 3.63) is 60.3 Å². The summed E-state index contributed by atoms with van der Waals surface area (Å²) in [6.07, 6.45) is 3.77. The minimum Gasteiger partial charge on any atom is -0.497 e. The van der Waals surface area contributed by atoms with Gasteiger partial charge in [0.05, 0.1) is 25.0 Å². The second-order valence-electron chi connectivity index (χ2n) is 6.65. The van der Waals surface area contributed by atoms with Crippen LogP contribution in [0.2, 0.25) is 0 Å². The molecule has 6 heteroatoms. The molecular formula is C22H22N2O4. The van der Waals surface area contributed by atoms with E-state index in [2.05, 4.69) is 10.3 Å². The third-order valence-electron chi connectivity index (χ3n) is 4.78. The van der Waals surface area contributed by atoms with Gasteiger partial charge >= 0.3 is 0 Å². The van der Waals surface area contributed by atoms with Crippen LogP contribution < -0.4 is 10.1 Å². The highest BCUT2D eigenvalue weighted by molar-refractivity contribution is 6.00. The molecule has 1 amide bonds. The predicted octanol–water partition coefficient (Wildman–Crippen LogP) is 3.93. The fourth-order valence-electron chi connectivity index (χ4n) is 3.28. The lowest BCUT2D eigenvalue weighted by Crippen LogP contribution is -2.32. The van der Waals surface area contributed by atoms with Gasteiger partial charge in [0, 0.05) is 24.3 Å². The van der Waals surface area contributed by atoms with Crippen molar-refractivity contribution < 1.29 is 18.7 Å². The summed E-state index contributed by atoms with van der Waals surface area (Å²) in [5.41, 5.74) is 2.04. The van der Waals surface area contributed by atoms with Gasteiger partial charge in [0.25, 0.3) is 5.91 Å². The van der Waals surface area contributed by atoms with Gasteiger partial charge in [-0.05, 0) is 37.1 Å². The van der Waals surface area contributed by atoms with E-state index in [1.54, 1.807) is 19.4 Å². The molecule has 0 aliphatic carbocycles. The molecule has 1 saturated heterocycles. The largest absolute Gasteiger partial charge is 0.497 e. The Labute approximate surface area is 163 Å². The third-order valence-corrected chi connectivity index (χ3v) is 4.78. The summed E-state index contributed by atoms with van der Waals surface area (Å²) in [5, 5.41) is 2.95. The number of aromatic nitrogens is 1. The van der Waals surface area contributed by atoms with Crippen LogP contribution in [0.1, 0.15) is 23.2 Å². The number of benzene rings is 2. The zero-order valence-electron chi connectivity index (χ0n) is 15.7. The van der Waals surface area contributed by atoms with Gasteiger partial charge in [-0.1, -0.05) is 24.3 Å². The van der Waals surface area contributed by atoms with Crippen LogP contribution >= 0.6 is 0 Å². The lowest BCUT2D eigenvalue weighted by atomic mass is 10.1. The molecule has 3 aromatic rings. The van der Waals surface area contributed by atoms with Crippen molar-refractivity contribution >= 4 is 5.91 Å². The van der Waals surface area contributed by atoms with Crippen molar-refractivity contribution in [2.45, 2.75) is 18.9 Å². The van der Waals surface area contributed by atoms with Gasteiger partial charge in [0.1, 0.15) is 5.75 Å². The third kappa shape index (κ3) is 3.92. The van der Waals surface area contributed by atoms with Gasteiger partial charge in [0.15, 0.2) is 5.76 Å². The van der Waals surface area contributed by atoms with E-state index in [1.165, 1.54) is 0 Å². The number of amides is 1. The predicted molar refractivity (Wildman–Crippen MR) is 105 cm³/mol. The van der Waals surface area contributed by atoms with E-state index in [-0.39, 0.29) is 12.0 Å². The quantitative estimate of drug-likeness (QED) is 0.704. The van der Waals surface area contributed by atoms with E-state index in [4.69, 9.17) is 13.9 Å². The molecule has 28 heavy (non-hydrogen) atoms. The smallest absolute Gasteiger partial charge is 0.252 e. The second kappa shape index (κ2) is 8.27.